The quantitative estimate of drug-likeness (QED) is 0.104. The Morgan fingerprint density at radius 2 is 1.29 bits per heavy atom. The second-order valence-electron chi connectivity index (χ2n) is 8.18. The molecule has 4 aromatic rings. The van der Waals surface area contributed by atoms with E-state index in [4.69, 9.17) is 24.5 Å². The lowest BCUT2D eigenvalue weighted by Gasteiger charge is -2.10. The number of rotatable bonds is 11. The average Bonchev–Trinajstić information content (AvgIpc) is 2.91. The van der Waals surface area contributed by atoms with Crippen LogP contribution >= 0.6 is 0 Å². The number of aryl methyl sites for hydroxylation is 1. The number of ether oxygens (including phenoxy) is 2. The van der Waals surface area contributed by atoms with Crippen molar-refractivity contribution in [1.82, 2.24) is 0 Å². The van der Waals surface area contributed by atoms with Gasteiger partial charge in [0.2, 0.25) is 0 Å². The third kappa shape index (κ3) is 6.95. The number of carbonyl (C=O) groups excluding carboxylic acids is 1. The smallest absolute Gasteiger partial charge is 0.344 e. The van der Waals surface area contributed by atoms with E-state index >= 15 is 0 Å². The Morgan fingerprint density at radius 1 is 0.711 bits per heavy atom. The Kier molecular flexibility index (Phi) is 8.68. The number of hydrogen-bond acceptors (Lipinski definition) is 8. The first-order chi connectivity index (χ1) is 18.4. The molecule has 0 heterocycles. The van der Waals surface area contributed by atoms with E-state index in [2.05, 4.69) is 4.89 Å². The van der Waals surface area contributed by atoms with Crippen LogP contribution in [0.15, 0.2) is 91.0 Å². The molecule has 38 heavy (non-hydrogen) atoms. The Hall–Kier alpha value is -4.70. The summed E-state index contributed by atoms with van der Waals surface area (Å²) in [5.41, 5.74) is 2.19. The molecule has 9 nitrogen and oxygen atoms in total. The highest BCUT2D eigenvalue weighted by Crippen LogP contribution is 2.26. The van der Waals surface area contributed by atoms with Gasteiger partial charge in [-0.1, -0.05) is 35.9 Å². The van der Waals surface area contributed by atoms with Gasteiger partial charge in [-0.05, 0) is 78.7 Å². The number of benzene rings is 4. The average molecular weight is 517 g/mol. The summed E-state index contributed by atoms with van der Waals surface area (Å²) in [5.74, 6) is -0.219. The van der Waals surface area contributed by atoms with Crippen molar-refractivity contribution in [3.63, 3.8) is 0 Å². The van der Waals surface area contributed by atoms with Crippen LogP contribution in [-0.2, 0) is 23.0 Å². The van der Waals surface area contributed by atoms with Gasteiger partial charge >= 0.3 is 11.9 Å². The van der Waals surface area contributed by atoms with Gasteiger partial charge in [-0.2, -0.15) is 4.89 Å². The minimum Gasteiger partial charge on any atom is -0.478 e. The van der Waals surface area contributed by atoms with E-state index in [9.17, 15) is 14.7 Å². The third-order valence-electron chi connectivity index (χ3n) is 5.43. The van der Waals surface area contributed by atoms with Crippen LogP contribution in [0, 0.1) is 6.92 Å². The minimum atomic E-state index is -1.21. The predicted octanol–water partition coefficient (Wildman–Crippen LogP) is 6.20. The molecule has 0 amide bonds. The van der Waals surface area contributed by atoms with Gasteiger partial charge in [0, 0.05) is 0 Å². The zero-order valence-corrected chi connectivity index (χ0v) is 20.3. The summed E-state index contributed by atoms with van der Waals surface area (Å²) in [4.78, 5) is 38.8. The summed E-state index contributed by atoms with van der Waals surface area (Å²) in [6, 6.07) is 24.9. The van der Waals surface area contributed by atoms with Crippen LogP contribution in [0.1, 0.15) is 37.4 Å². The maximum Gasteiger partial charge on any atom is 0.344 e. The SMILES string of the molecule is Cc1ccc(C(=O)O)c(C(=O)Oc2ccc(Oc3ccc(OOCc4ccccc4COO)cc3)cc2)c1. The lowest BCUT2D eigenvalue weighted by Crippen LogP contribution is -2.14. The molecule has 0 aliphatic heterocycles. The summed E-state index contributed by atoms with van der Waals surface area (Å²) in [7, 11) is 0. The van der Waals surface area contributed by atoms with Gasteiger partial charge in [-0.15, -0.1) is 0 Å². The molecule has 0 fully saturated rings. The van der Waals surface area contributed by atoms with Gasteiger partial charge in [-0.25, -0.2) is 14.5 Å². The van der Waals surface area contributed by atoms with E-state index in [0.29, 0.717) is 17.2 Å². The number of esters is 1. The summed E-state index contributed by atoms with van der Waals surface area (Å²) in [6.07, 6.45) is 0. The highest BCUT2D eigenvalue weighted by molar-refractivity contribution is 6.03. The van der Waals surface area contributed by atoms with Crippen molar-refractivity contribution in [3.8, 4) is 23.0 Å². The van der Waals surface area contributed by atoms with Crippen molar-refractivity contribution in [1.29, 1.82) is 0 Å². The summed E-state index contributed by atoms with van der Waals surface area (Å²) >= 11 is 0. The van der Waals surface area contributed by atoms with Gasteiger partial charge in [-0.3, -0.25) is 5.26 Å². The first kappa shape index (κ1) is 26.4. The summed E-state index contributed by atoms with van der Waals surface area (Å²) in [6.45, 7) is 1.97. The molecule has 0 saturated carbocycles. The molecule has 0 aromatic heterocycles. The molecule has 0 radical (unpaired) electrons. The lowest BCUT2D eigenvalue weighted by atomic mass is 10.0. The van der Waals surface area contributed by atoms with Gasteiger partial charge in [0.05, 0.1) is 11.1 Å². The Labute approximate surface area is 218 Å². The van der Waals surface area contributed by atoms with E-state index in [1.54, 1.807) is 61.5 Å². The molecule has 0 spiro atoms. The topological polar surface area (TPSA) is 121 Å². The van der Waals surface area contributed by atoms with E-state index in [-0.39, 0.29) is 30.1 Å². The lowest BCUT2D eigenvalue weighted by molar-refractivity contribution is -0.253. The Bertz CT molecular complexity index is 1400. The molecular formula is C29H24O9. The molecule has 0 aliphatic carbocycles. The predicted molar refractivity (Wildman–Crippen MR) is 135 cm³/mol. The zero-order valence-electron chi connectivity index (χ0n) is 20.3. The van der Waals surface area contributed by atoms with Crippen LogP contribution in [0.4, 0.5) is 0 Å². The van der Waals surface area contributed by atoms with E-state index in [1.807, 2.05) is 24.3 Å². The van der Waals surface area contributed by atoms with Crippen LogP contribution in [0.3, 0.4) is 0 Å². The second kappa shape index (κ2) is 12.5. The van der Waals surface area contributed by atoms with Crippen LogP contribution in [0.5, 0.6) is 23.0 Å². The highest BCUT2D eigenvalue weighted by Gasteiger charge is 2.18. The van der Waals surface area contributed by atoms with Crippen LogP contribution < -0.4 is 14.4 Å². The molecule has 0 atom stereocenters. The molecule has 9 heteroatoms. The van der Waals surface area contributed by atoms with Gasteiger partial charge in [0.1, 0.15) is 30.5 Å². The normalized spacial score (nSPS) is 10.6. The molecule has 4 rings (SSSR count). The molecule has 2 N–H and O–H groups in total. The van der Waals surface area contributed by atoms with E-state index in [1.165, 1.54) is 12.1 Å². The van der Waals surface area contributed by atoms with Crippen LogP contribution in [0.2, 0.25) is 0 Å². The Morgan fingerprint density at radius 3 is 1.89 bits per heavy atom. The molecule has 194 valence electrons. The van der Waals surface area contributed by atoms with Crippen molar-refractivity contribution in [2.45, 2.75) is 20.1 Å². The molecular weight excluding hydrogens is 492 g/mol. The largest absolute Gasteiger partial charge is 0.478 e. The molecule has 0 unspecified atom stereocenters. The van der Waals surface area contributed by atoms with Crippen molar-refractivity contribution in [3.05, 3.63) is 119 Å². The van der Waals surface area contributed by atoms with Crippen LogP contribution in [-0.4, -0.2) is 22.3 Å². The fourth-order valence-electron chi connectivity index (χ4n) is 3.52. The fraction of sp³-hybridized carbons (Fsp3) is 0.103. The number of carbonyl (C=O) groups is 2. The maximum atomic E-state index is 12.5. The molecule has 0 aliphatic rings. The molecule has 0 bridgehead atoms. The third-order valence-corrected chi connectivity index (χ3v) is 5.43. The van der Waals surface area contributed by atoms with Gasteiger partial charge in [0.25, 0.3) is 0 Å². The van der Waals surface area contributed by atoms with Crippen molar-refractivity contribution >= 4 is 11.9 Å². The highest BCUT2D eigenvalue weighted by atomic mass is 17.2. The first-order valence-electron chi connectivity index (χ1n) is 11.5. The fourth-order valence-corrected chi connectivity index (χ4v) is 3.52. The first-order valence-corrected chi connectivity index (χ1v) is 11.5. The monoisotopic (exact) mass is 516 g/mol. The second-order valence-corrected chi connectivity index (χ2v) is 8.18. The number of carboxylic acid groups (broad SMARTS) is 1. The minimum absolute atomic E-state index is 0.0208. The summed E-state index contributed by atoms with van der Waals surface area (Å²) in [5, 5.41) is 18.0. The molecule has 4 aromatic carbocycles. The Balaban J connectivity index is 1.30. The zero-order chi connectivity index (χ0) is 26.9. The van der Waals surface area contributed by atoms with E-state index < -0.39 is 11.9 Å². The van der Waals surface area contributed by atoms with Crippen LogP contribution in [0.25, 0.3) is 0 Å². The maximum absolute atomic E-state index is 12.5. The summed E-state index contributed by atoms with van der Waals surface area (Å²) < 4.78 is 11.2. The number of aromatic carboxylic acids is 1. The van der Waals surface area contributed by atoms with Crippen molar-refractivity contribution < 1.29 is 44.1 Å². The number of hydrogen-bond donors (Lipinski definition) is 2. The molecule has 0 saturated heterocycles. The van der Waals surface area contributed by atoms with Gasteiger partial charge in [0.15, 0.2) is 5.75 Å². The van der Waals surface area contributed by atoms with E-state index in [0.717, 1.165) is 16.7 Å². The van der Waals surface area contributed by atoms with Gasteiger partial charge < -0.3 is 19.5 Å². The number of carboxylic acids is 1. The standard InChI is InChI=1S/C29H24O9/c1-19-6-15-26(28(30)31)27(16-19)29(32)37-24-9-7-22(8-10-24)36-23-11-13-25(14-12-23)38-35-18-21-5-3-2-4-20(21)17-34-33/h2-16,33H,17-18H2,1H3,(H,30,31). The van der Waals surface area contributed by atoms with Crippen molar-refractivity contribution in [2.24, 2.45) is 0 Å². The van der Waals surface area contributed by atoms with Crippen molar-refractivity contribution in [2.75, 3.05) is 0 Å².